The second kappa shape index (κ2) is 4.86. The number of allylic oxidation sites excluding steroid dienone is 3. The summed E-state index contributed by atoms with van der Waals surface area (Å²) < 4.78 is 0. The van der Waals surface area contributed by atoms with Crippen molar-refractivity contribution in [3.8, 4) is 0 Å². The predicted octanol–water partition coefficient (Wildman–Crippen LogP) is 3.47. The number of aliphatic hydroxyl groups excluding tert-OH is 1. The van der Waals surface area contributed by atoms with Gasteiger partial charge in [0.25, 0.3) is 0 Å². The Hall–Kier alpha value is -1.05. The molecule has 84 valence electrons. The molecule has 1 nitrogen and oxygen atoms in total. The summed E-state index contributed by atoms with van der Waals surface area (Å²) in [7, 11) is 0. The number of hydrogen-bond donors (Lipinski definition) is 1. The van der Waals surface area contributed by atoms with Gasteiger partial charge in [0.05, 0.1) is 6.61 Å². The average molecular weight is 235 g/mol. The van der Waals surface area contributed by atoms with Crippen LogP contribution in [0.3, 0.4) is 0 Å². The molecule has 1 aromatic carbocycles. The second-order valence-electron chi connectivity index (χ2n) is 4.17. The Morgan fingerprint density at radius 1 is 1.25 bits per heavy atom. The van der Waals surface area contributed by atoms with Gasteiger partial charge in [0.15, 0.2) is 0 Å². The average Bonchev–Trinajstić information content (AvgIpc) is 2.29. The molecule has 2 atom stereocenters. The van der Waals surface area contributed by atoms with Crippen LogP contribution < -0.4 is 0 Å². The van der Waals surface area contributed by atoms with Gasteiger partial charge in [-0.05, 0) is 24.1 Å². The molecule has 2 unspecified atom stereocenters. The van der Waals surface area contributed by atoms with Crippen molar-refractivity contribution in [3.63, 3.8) is 0 Å². The zero-order chi connectivity index (χ0) is 11.5. The van der Waals surface area contributed by atoms with Crippen LogP contribution in [-0.4, -0.2) is 11.7 Å². The quantitative estimate of drug-likeness (QED) is 0.831. The van der Waals surface area contributed by atoms with Crippen LogP contribution in [0.4, 0.5) is 0 Å². The second-order valence-corrected chi connectivity index (χ2v) is 4.57. The molecule has 2 rings (SSSR count). The molecular formula is C14H15ClO. The van der Waals surface area contributed by atoms with E-state index in [1.807, 2.05) is 31.2 Å². The van der Waals surface area contributed by atoms with Gasteiger partial charge in [0.1, 0.15) is 0 Å². The summed E-state index contributed by atoms with van der Waals surface area (Å²) in [6.07, 6.45) is 8.10. The molecule has 0 saturated carbocycles. The summed E-state index contributed by atoms with van der Waals surface area (Å²) in [4.78, 5) is 0. The Kier molecular flexibility index (Phi) is 3.47. The molecule has 1 aliphatic carbocycles. The van der Waals surface area contributed by atoms with Gasteiger partial charge >= 0.3 is 0 Å². The molecule has 0 aromatic heterocycles. The standard InChI is InChI=1S/C14H15ClO/c1-10-6-7-13(14(15)8-10)12-5-3-2-4-11(12)9-16/h2-8,11-12,16H,9H2,1H3. The van der Waals surface area contributed by atoms with Crippen molar-refractivity contribution >= 4 is 11.6 Å². The van der Waals surface area contributed by atoms with Gasteiger partial charge in [-0.1, -0.05) is 48.0 Å². The van der Waals surface area contributed by atoms with Gasteiger partial charge in [0.2, 0.25) is 0 Å². The fourth-order valence-corrected chi connectivity index (χ4v) is 2.43. The lowest BCUT2D eigenvalue weighted by molar-refractivity contribution is 0.242. The Labute approximate surface area is 101 Å². The Morgan fingerprint density at radius 3 is 2.69 bits per heavy atom. The lowest BCUT2D eigenvalue weighted by Gasteiger charge is -2.23. The van der Waals surface area contributed by atoms with Crippen molar-refractivity contribution in [1.29, 1.82) is 0 Å². The zero-order valence-corrected chi connectivity index (χ0v) is 9.98. The van der Waals surface area contributed by atoms with E-state index in [0.717, 1.165) is 16.1 Å². The number of rotatable bonds is 2. The Bertz CT molecular complexity index is 434. The third kappa shape index (κ3) is 2.21. The maximum Gasteiger partial charge on any atom is 0.0502 e. The van der Waals surface area contributed by atoms with Gasteiger partial charge in [-0.25, -0.2) is 0 Å². The fourth-order valence-electron chi connectivity index (χ4n) is 2.06. The number of halogens is 1. The summed E-state index contributed by atoms with van der Waals surface area (Å²) in [5.41, 5.74) is 2.25. The molecular weight excluding hydrogens is 220 g/mol. The van der Waals surface area contributed by atoms with Crippen molar-refractivity contribution < 1.29 is 5.11 Å². The molecule has 0 bridgehead atoms. The maximum atomic E-state index is 9.34. The first-order valence-electron chi connectivity index (χ1n) is 5.44. The van der Waals surface area contributed by atoms with E-state index < -0.39 is 0 Å². The minimum Gasteiger partial charge on any atom is -0.396 e. The number of aliphatic hydroxyl groups is 1. The van der Waals surface area contributed by atoms with Crippen molar-refractivity contribution in [2.45, 2.75) is 12.8 Å². The Morgan fingerprint density at radius 2 is 2.00 bits per heavy atom. The van der Waals surface area contributed by atoms with Crippen molar-refractivity contribution in [2.75, 3.05) is 6.61 Å². The smallest absolute Gasteiger partial charge is 0.0502 e. The number of benzene rings is 1. The summed E-state index contributed by atoms with van der Waals surface area (Å²) in [5, 5.41) is 10.1. The summed E-state index contributed by atoms with van der Waals surface area (Å²) in [5.74, 6) is 0.313. The first-order chi connectivity index (χ1) is 7.72. The van der Waals surface area contributed by atoms with Gasteiger partial charge < -0.3 is 5.11 Å². The van der Waals surface area contributed by atoms with E-state index in [0.29, 0.717) is 0 Å². The van der Waals surface area contributed by atoms with E-state index in [1.54, 1.807) is 0 Å². The van der Waals surface area contributed by atoms with Gasteiger partial charge in [-0.15, -0.1) is 0 Å². The van der Waals surface area contributed by atoms with Crippen LogP contribution in [0.2, 0.25) is 5.02 Å². The highest BCUT2D eigenvalue weighted by atomic mass is 35.5. The highest BCUT2D eigenvalue weighted by molar-refractivity contribution is 6.31. The summed E-state index contributed by atoms with van der Waals surface area (Å²) in [6.45, 7) is 2.17. The molecule has 2 heteroatoms. The van der Waals surface area contributed by atoms with E-state index >= 15 is 0 Å². The molecule has 0 saturated heterocycles. The fraction of sp³-hybridized carbons (Fsp3) is 0.286. The molecule has 0 fully saturated rings. The maximum absolute atomic E-state index is 9.34. The minimum absolute atomic E-state index is 0.130. The molecule has 1 aromatic rings. The lowest BCUT2D eigenvalue weighted by Crippen LogP contribution is -2.15. The summed E-state index contributed by atoms with van der Waals surface area (Å²) in [6, 6.07) is 6.08. The largest absolute Gasteiger partial charge is 0.396 e. The molecule has 0 radical (unpaired) electrons. The van der Waals surface area contributed by atoms with E-state index in [9.17, 15) is 5.11 Å². The monoisotopic (exact) mass is 234 g/mol. The van der Waals surface area contributed by atoms with E-state index in [-0.39, 0.29) is 18.4 Å². The highest BCUT2D eigenvalue weighted by Crippen LogP contribution is 2.34. The first kappa shape index (κ1) is 11.4. The SMILES string of the molecule is Cc1ccc(C2C=CC=CC2CO)c(Cl)c1. The van der Waals surface area contributed by atoms with Gasteiger partial charge in [0, 0.05) is 16.9 Å². The Balaban J connectivity index is 2.36. The molecule has 1 N–H and O–H groups in total. The third-order valence-corrected chi connectivity index (χ3v) is 3.30. The topological polar surface area (TPSA) is 20.2 Å². The normalized spacial score (nSPS) is 23.7. The molecule has 0 amide bonds. The van der Waals surface area contributed by atoms with Crippen LogP contribution >= 0.6 is 11.6 Å². The number of hydrogen-bond acceptors (Lipinski definition) is 1. The van der Waals surface area contributed by atoms with Crippen LogP contribution in [0.25, 0.3) is 0 Å². The molecule has 0 spiro atoms. The highest BCUT2D eigenvalue weighted by Gasteiger charge is 2.21. The third-order valence-electron chi connectivity index (χ3n) is 2.98. The van der Waals surface area contributed by atoms with Crippen LogP contribution in [0.5, 0.6) is 0 Å². The molecule has 0 heterocycles. The van der Waals surface area contributed by atoms with E-state index in [2.05, 4.69) is 18.2 Å². The minimum atomic E-state index is 0.130. The predicted molar refractivity (Wildman–Crippen MR) is 67.8 cm³/mol. The molecule has 16 heavy (non-hydrogen) atoms. The van der Waals surface area contributed by atoms with Gasteiger partial charge in [-0.2, -0.15) is 0 Å². The zero-order valence-electron chi connectivity index (χ0n) is 9.23. The van der Waals surface area contributed by atoms with E-state index in [4.69, 9.17) is 11.6 Å². The molecule has 0 aliphatic heterocycles. The van der Waals surface area contributed by atoms with Crippen molar-refractivity contribution in [3.05, 3.63) is 58.7 Å². The lowest BCUT2D eigenvalue weighted by atomic mass is 9.83. The van der Waals surface area contributed by atoms with Gasteiger partial charge in [-0.3, -0.25) is 0 Å². The molecule has 1 aliphatic rings. The van der Waals surface area contributed by atoms with Crippen molar-refractivity contribution in [1.82, 2.24) is 0 Å². The van der Waals surface area contributed by atoms with E-state index in [1.165, 1.54) is 0 Å². The van der Waals surface area contributed by atoms with Crippen LogP contribution in [0.1, 0.15) is 17.0 Å². The summed E-state index contributed by atoms with van der Waals surface area (Å²) >= 11 is 6.25. The van der Waals surface area contributed by atoms with Crippen LogP contribution in [0.15, 0.2) is 42.5 Å². The van der Waals surface area contributed by atoms with Crippen molar-refractivity contribution in [2.24, 2.45) is 5.92 Å². The number of aryl methyl sites for hydroxylation is 1. The first-order valence-corrected chi connectivity index (χ1v) is 5.82. The van der Waals surface area contributed by atoms with Crippen LogP contribution in [-0.2, 0) is 0 Å². The van der Waals surface area contributed by atoms with Crippen LogP contribution in [0, 0.1) is 12.8 Å².